The van der Waals surface area contributed by atoms with E-state index in [-0.39, 0.29) is 10.7 Å². The zero-order chi connectivity index (χ0) is 8.27. The molecule has 1 aliphatic rings. The first-order valence-electron chi connectivity index (χ1n) is 2.61. The second-order valence-electron chi connectivity index (χ2n) is 1.66. The molecule has 0 radical (unpaired) electrons. The number of halogens is 1. The van der Waals surface area contributed by atoms with Crippen LogP contribution in [0.3, 0.4) is 0 Å². The van der Waals surface area contributed by atoms with Crippen LogP contribution in [0.4, 0.5) is 0 Å². The van der Waals surface area contributed by atoms with Gasteiger partial charge in [0.15, 0.2) is 0 Å². The Morgan fingerprint density at radius 3 is 2.64 bits per heavy atom. The number of nitrogens with one attached hydrogen (secondary N) is 1. The summed E-state index contributed by atoms with van der Waals surface area (Å²) in [4.78, 5) is 0. The Labute approximate surface area is 73.1 Å². The molecule has 0 fully saturated rings. The molecule has 0 amide bonds. The van der Waals surface area contributed by atoms with Crippen LogP contribution in [0, 0.1) is 22.7 Å². The van der Waals surface area contributed by atoms with Crippen molar-refractivity contribution in [3.8, 4) is 12.1 Å². The third-order valence-electron chi connectivity index (χ3n) is 1.05. The van der Waals surface area contributed by atoms with Crippen LogP contribution in [0.15, 0.2) is 21.7 Å². The van der Waals surface area contributed by atoms with Crippen molar-refractivity contribution in [2.75, 3.05) is 0 Å². The van der Waals surface area contributed by atoms with Gasteiger partial charge in [0, 0.05) is 5.41 Å². The van der Waals surface area contributed by atoms with Crippen LogP contribution in [-0.2, 0) is 0 Å². The van der Waals surface area contributed by atoms with Gasteiger partial charge in [-0.2, -0.15) is 10.5 Å². The summed E-state index contributed by atoms with van der Waals surface area (Å²) in [6.07, 6.45) is 0. The number of nitriles is 2. The lowest BCUT2D eigenvalue weighted by atomic mass is 10.1. The van der Waals surface area contributed by atoms with Crippen LogP contribution in [0.1, 0.15) is 0 Å². The molecular formula is C6H2ClN3S. The molecule has 1 rings (SSSR count). The number of allylic oxidation sites excluding steroid dienone is 2. The molecule has 1 heterocycles. The van der Waals surface area contributed by atoms with Crippen molar-refractivity contribution in [2.45, 2.75) is 0 Å². The van der Waals surface area contributed by atoms with Gasteiger partial charge in [-0.3, -0.25) is 0 Å². The summed E-state index contributed by atoms with van der Waals surface area (Å²) in [5.74, 6) is 0. The van der Waals surface area contributed by atoms with Gasteiger partial charge >= 0.3 is 0 Å². The average molecular weight is 184 g/mol. The average Bonchev–Trinajstić information content (AvgIpc) is 2.04. The van der Waals surface area contributed by atoms with E-state index in [9.17, 15) is 0 Å². The van der Waals surface area contributed by atoms with Crippen LogP contribution < -0.4 is 4.72 Å². The maximum Gasteiger partial charge on any atom is 0.131 e. The predicted octanol–water partition coefficient (Wildman–Crippen LogP) is 1.62. The number of hydrogen-bond acceptors (Lipinski definition) is 4. The minimum absolute atomic E-state index is 0.202. The molecular weight excluding hydrogens is 182 g/mol. The van der Waals surface area contributed by atoms with E-state index in [0.29, 0.717) is 5.57 Å². The first-order chi connectivity index (χ1) is 5.29. The minimum Gasteiger partial charge on any atom is -0.315 e. The van der Waals surface area contributed by atoms with E-state index in [1.165, 1.54) is 11.9 Å². The summed E-state index contributed by atoms with van der Waals surface area (Å²) in [6.45, 7) is 0. The largest absolute Gasteiger partial charge is 0.315 e. The summed E-state index contributed by atoms with van der Waals surface area (Å²) in [6, 6.07) is 3.71. The van der Waals surface area contributed by atoms with Gasteiger partial charge < -0.3 is 4.72 Å². The van der Waals surface area contributed by atoms with E-state index < -0.39 is 0 Å². The fourth-order valence-electron chi connectivity index (χ4n) is 0.560. The highest BCUT2D eigenvalue weighted by Gasteiger charge is 2.13. The summed E-state index contributed by atoms with van der Waals surface area (Å²) < 4.78 is 2.66. The van der Waals surface area contributed by atoms with Crippen molar-refractivity contribution in [3.63, 3.8) is 0 Å². The number of nitrogens with zero attached hydrogens (tertiary/aromatic N) is 2. The Hall–Kier alpha value is -1.10. The summed E-state index contributed by atoms with van der Waals surface area (Å²) in [7, 11) is 0. The number of hydrogen-bond donors (Lipinski definition) is 1. The molecule has 1 N–H and O–H groups in total. The normalized spacial score (nSPS) is 16.1. The molecule has 0 unspecified atom stereocenters. The fraction of sp³-hybridized carbons (Fsp3) is 0. The predicted molar refractivity (Wildman–Crippen MR) is 42.9 cm³/mol. The topological polar surface area (TPSA) is 59.6 Å². The number of rotatable bonds is 0. The van der Waals surface area contributed by atoms with Crippen molar-refractivity contribution in [2.24, 2.45) is 0 Å². The first kappa shape index (κ1) is 8.00. The molecule has 0 spiro atoms. The Bertz CT molecular complexity index is 318. The van der Waals surface area contributed by atoms with Crippen molar-refractivity contribution < 1.29 is 0 Å². The monoisotopic (exact) mass is 183 g/mol. The van der Waals surface area contributed by atoms with Crippen LogP contribution in [0.2, 0.25) is 0 Å². The molecule has 1 aliphatic heterocycles. The van der Waals surface area contributed by atoms with E-state index >= 15 is 0 Å². The van der Waals surface area contributed by atoms with Gasteiger partial charge in [-0.25, -0.2) is 0 Å². The molecule has 54 valence electrons. The van der Waals surface area contributed by atoms with Crippen LogP contribution in [-0.4, -0.2) is 0 Å². The molecule has 0 saturated heterocycles. The highest BCUT2D eigenvalue weighted by molar-refractivity contribution is 8.00. The maximum absolute atomic E-state index is 8.53. The molecule has 0 atom stereocenters. The third-order valence-corrected chi connectivity index (χ3v) is 2.12. The standard InChI is InChI=1S/C6H2ClN3S/c7-6-5(2-9)4(1-8)3-11-10-6/h3,10H. The van der Waals surface area contributed by atoms with Crippen molar-refractivity contribution in [1.82, 2.24) is 4.72 Å². The van der Waals surface area contributed by atoms with E-state index in [0.717, 1.165) is 0 Å². The molecule has 0 aliphatic carbocycles. The van der Waals surface area contributed by atoms with E-state index in [2.05, 4.69) is 4.72 Å². The highest BCUT2D eigenvalue weighted by atomic mass is 35.5. The maximum atomic E-state index is 8.53. The van der Waals surface area contributed by atoms with Crippen molar-refractivity contribution in [1.29, 1.82) is 10.5 Å². The van der Waals surface area contributed by atoms with Gasteiger partial charge in [0.05, 0.1) is 5.57 Å². The van der Waals surface area contributed by atoms with Crippen LogP contribution in [0.5, 0.6) is 0 Å². The molecule has 0 saturated carbocycles. The van der Waals surface area contributed by atoms with Crippen LogP contribution >= 0.6 is 23.5 Å². The second-order valence-corrected chi connectivity index (χ2v) is 2.72. The van der Waals surface area contributed by atoms with E-state index in [1.54, 1.807) is 5.41 Å². The quantitative estimate of drug-likeness (QED) is 0.458. The van der Waals surface area contributed by atoms with Gasteiger partial charge in [-0.1, -0.05) is 11.6 Å². The molecule has 5 heteroatoms. The summed E-state index contributed by atoms with van der Waals surface area (Å²) in [5.41, 5.74) is 0.508. The van der Waals surface area contributed by atoms with Crippen LogP contribution in [0.25, 0.3) is 0 Å². The lowest BCUT2D eigenvalue weighted by molar-refractivity contribution is 1.29. The Morgan fingerprint density at radius 2 is 2.18 bits per heavy atom. The summed E-state index contributed by atoms with van der Waals surface area (Å²) >= 11 is 6.77. The lowest BCUT2D eigenvalue weighted by Gasteiger charge is -2.07. The molecule has 0 aromatic heterocycles. The second kappa shape index (κ2) is 3.34. The Morgan fingerprint density at radius 1 is 1.45 bits per heavy atom. The van der Waals surface area contributed by atoms with E-state index in [4.69, 9.17) is 22.1 Å². The minimum atomic E-state index is 0.202. The van der Waals surface area contributed by atoms with E-state index in [1.807, 2.05) is 12.1 Å². The van der Waals surface area contributed by atoms with Gasteiger partial charge in [-0.05, 0) is 11.9 Å². The molecule has 0 aromatic carbocycles. The SMILES string of the molecule is N#CC1=CSNC(Cl)=C1C#N. The molecule has 3 nitrogen and oxygen atoms in total. The molecule has 11 heavy (non-hydrogen) atoms. The Kier molecular flexibility index (Phi) is 2.43. The van der Waals surface area contributed by atoms with Gasteiger partial charge in [0.2, 0.25) is 0 Å². The van der Waals surface area contributed by atoms with Gasteiger partial charge in [0.25, 0.3) is 0 Å². The fourth-order valence-corrected chi connectivity index (χ4v) is 1.39. The van der Waals surface area contributed by atoms with Crippen molar-refractivity contribution >= 4 is 23.5 Å². The summed E-state index contributed by atoms with van der Waals surface area (Å²) in [5, 5.41) is 18.8. The zero-order valence-electron chi connectivity index (χ0n) is 5.26. The smallest absolute Gasteiger partial charge is 0.131 e. The Balaban J connectivity index is 3.10. The third kappa shape index (κ3) is 1.48. The molecule has 0 bridgehead atoms. The zero-order valence-corrected chi connectivity index (χ0v) is 6.83. The van der Waals surface area contributed by atoms with Gasteiger partial charge in [-0.15, -0.1) is 0 Å². The lowest BCUT2D eigenvalue weighted by Crippen LogP contribution is -2.05. The first-order valence-corrected chi connectivity index (χ1v) is 3.87. The molecule has 0 aromatic rings. The highest BCUT2D eigenvalue weighted by Crippen LogP contribution is 2.24. The van der Waals surface area contributed by atoms with Gasteiger partial charge in [0.1, 0.15) is 22.9 Å². The van der Waals surface area contributed by atoms with Crippen molar-refractivity contribution in [3.05, 3.63) is 21.7 Å².